The number of alkyl halides is 6. The summed E-state index contributed by atoms with van der Waals surface area (Å²) in [6.45, 7) is 1.79. The van der Waals surface area contributed by atoms with Crippen molar-refractivity contribution in [3.05, 3.63) is 47.5 Å². The first-order valence-corrected chi connectivity index (χ1v) is 7.51. The van der Waals surface area contributed by atoms with E-state index in [-0.39, 0.29) is 10.8 Å². The molecule has 0 bridgehead atoms. The zero-order chi connectivity index (χ0) is 18.6. The Bertz CT molecular complexity index is 865. The maximum absolute atomic E-state index is 13.0. The fourth-order valence-corrected chi connectivity index (χ4v) is 2.95. The summed E-state index contributed by atoms with van der Waals surface area (Å²) in [6, 6.07) is 6.06. The Morgan fingerprint density at radius 2 is 1.24 bits per heavy atom. The number of halogens is 6. The van der Waals surface area contributed by atoms with Gasteiger partial charge in [-0.3, -0.25) is 0 Å². The molecule has 0 aliphatic heterocycles. The van der Waals surface area contributed by atoms with Gasteiger partial charge in [0.15, 0.2) is 0 Å². The van der Waals surface area contributed by atoms with Gasteiger partial charge in [-0.1, -0.05) is 6.92 Å². The van der Waals surface area contributed by atoms with E-state index in [2.05, 4.69) is 0 Å². The van der Waals surface area contributed by atoms with Crippen LogP contribution in [0.1, 0.15) is 30.6 Å². The Kier molecular flexibility index (Phi) is 3.98. The monoisotopic (exact) mass is 360 g/mol. The molecule has 2 N–H and O–H groups in total. The molecule has 0 saturated heterocycles. The van der Waals surface area contributed by atoms with Crippen molar-refractivity contribution in [2.75, 3.05) is 0 Å². The van der Waals surface area contributed by atoms with Crippen molar-refractivity contribution < 1.29 is 26.3 Å². The van der Waals surface area contributed by atoms with Gasteiger partial charge in [-0.15, -0.1) is 0 Å². The van der Waals surface area contributed by atoms with Crippen LogP contribution in [0.15, 0.2) is 36.4 Å². The largest absolute Gasteiger partial charge is 0.416 e. The van der Waals surface area contributed by atoms with Crippen LogP contribution in [0, 0.1) is 0 Å². The molecule has 1 aromatic heterocycles. The summed E-state index contributed by atoms with van der Waals surface area (Å²) in [6.07, 6.45) is -9.26. The molecule has 2 aromatic carbocycles. The Balaban J connectivity index is 2.42. The average Bonchev–Trinajstić information content (AvgIpc) is 2.85. The number of fused-ring (bicyclic) bond motifs is 3. The van der Waals surface area contributed by atoms with Gasteiger partial charge in [-0.25, -0.2) is 0 Å². The zero-order valence-corrected chi connectivity index (χ0v) is 13.0. The lowest BCUT2D eigenvalue weighted by molar-refractivity contribution is -0.138. The third-order valence-corrected chi connectivity index (χ3v) is 4.21. The molecule has 2 nitrogen and oxygen atoms in total. The van der Waals surface area contributed by atoms with Crippen LogP contribution in [-0.2, 0) is 12.4 Å². The second kappa shape index (κ2) is 5.66. The molecule has 1 atom stereocenters. The van der Waals surface area contributed by atoms with Crippen LogP contribution >= 0.6 is 0 Å². The van der Waals surface area contributed by atoms with E-state index in [1.807, 2.05) is 0 Å². The maximum atomic E-state index is 13.0. The number of aromatic nitrogens is 1. The number of rotatable bonds is 2. The van der Waals surface area contributed by atoms with E-state index in [9.17, 15) is 26.3 Å². The van der Waals surface area contributed by atoms with E-state index >= 15 is 0 Å². The molecule has 3 aromatic rings. The minimum Gasteiger partial charge on any atom is -0.324 e. The molecule has 0 amide bonds. The van der Waals surface area contributed by atoms with E-state index in [1.54, 1.807) is 11.5 Å². The Morgan fingerprint density at radius 1 is 0.840 bits per heavy atom. The highest BCUT2D eigenvalue weighted by Crippen LogP contribution is 2.39. The van der Waals surface area contributed by atoms with E-state index < -0.39 is 29.6 Å². The first kappa shape index (κ1) is 17.6. The summed E-state index contributed by atoms with van der Waals surface area (Å²) in [5.74, 6) is 0. The molecule has 0 aliphatic rings. The number of nitrogens with zero attached hydrogens (tertiary/aromatic N) is 1. The number of hydrogen-bond acceptors (Lipinski definition) is 1. The van der Waals surface area contributed by atoms with Crippen LogP contribution in [-0.4, -0.2) is 4.57 Å². The molecule has 1 heterocycles. The Labute approximate surface area is 138 Å². The van der Waals surface area contributed by atoms with Crippen molar-refractivity contribution in [2.24, 2.45) is 5.73 Å². The predicted molar refractivity (Wildman–Crippen MR) is 83.0 cm³/mol. The van der Waals surface area contributed by atoms with Crippen LogP contribution in [0.4, 0.5) is 26.3 Å². The van der Waals surface area contributed by atoms with Gasteiger partial charge in [0.2, 0.25) is 0 Å². The van der Waals surface area contributed by atoms with Crippen LogP contribution < -0.4 is 5.73 Å². The molecular formula is C17H14F6N2. The van der Waals surface area contributed by atoms with Gasteiger partial charge in [-0.05, 0) is 42.8 Å². The van der Waals surface area contributed by atoms with Crippen molar-refractivity contribution in [1.82, 2.24) is 4.57 Å². The first-order chi connectivity index (χ1) is 11.5. The molecule has 3 rings (SSSR count). The molecule has 0 aliphatic carbocycles. The third kappa shape index (κ3) is 2.95. The van der Waals surface area contributed by atoms with Crippen LogP contribution in [0.2, 0.25) is 0 Å². The number of nitrogens with two attached hydrogens (primary N) is 1. The summed E-state index contributed by atoms with van der Waals surface area (Å²) in [7, 11) is 0. The third-order valence-electron chi connectivity index (χ3n) is 4.21. The van der Waals surface area contributed by atoms with E-state index in [0.29, 0.717) is 17.5 Å². The molecule has 25 heavy (non-hydrogen) atoms. The van der Waals surface area contributed by atoms with Crippen molar-refractivity contribution in [3.63, 3.8) is 0 Å². The van der Waals surface area contributed by atoms with Gasteiger partial charge >= 0.3 is 12.4 Å². The molecule has 8 heteroatoms. The highest BCUT2D eigenvalue weighted by atomic mass is 19.4. The smallest absolute Gasteiger partial charge is 0.324 e. The van der Waals surface area contributed by atoms with Crippen molar-refractivity contribution in [1.29, 1.82) is 0 Å². The van der Waals surface area contributed by atoms with Crippen molar-refractivity contribution >= 4 is 21.8 Å². The molecule has 0 fully saturated rings. The molecule has 0 radical (unpaired) electrons. The van der Waals surface area contributed by atoms with E-state index in [4.69, 9.17) is 5.73 Å². The molecule has 0 saturated carbocycles. The Hall–Kier alpha value is -2.22. The summed E-state index contributed by atoms with van der Waals surface area (Å²) >= 11 is 0. The lowest BCUT2D eigenvalue weighted by Crippen LogP contribution is -2.17. The summed E-state index contributed by atoms with van der Waals surface area (Å²) < 4.78 is 79.6. The fraction of sp³-hybridized carbons (Fsp3) is 0.294. The summed E-state index contributed by atoms with van der Waals surface area (Å²) in [4.78, 5) is 0. The molecular weight excluding hydrogens is 346 g/mol. The molecule has 0 spiro atoms. The number of hydrogen-bond donors (Lipinski definition) is 1. The first-order valence-electron chi connectivity index (χ1n) is 7.51. The van der Waals surface area contributed by atoms with Crippen molar-refractivity contribution in [3.8, 4) is 0 Å². The quantitative estimate of drug-likeness (QED) is 0.584. The van der Waals surface area contributed by atoms with E-state index in [1.165, 1.54) is 12.1 Å². The average molecular weight is 360 g/mol. The standard InChI is InChI=1S/C17H14F6N2/c1-2-15(24)25-13-5-3-9(16(18,19)20)7-11(13)12-8-10(17(21,22)23)4-6-14(12)25/h3-8,15H,2,24H2,1H3. The van der Waals surface area contributed by atoms with Gasteiger partial charge in [-0.2, -0.15) is 26.3 Å². The predicted octanol–water partition coefficient (Wildman–Crippen LogP) is 5.70. The van der Waals surface area contributed by atoms with Gasteiger partial charge < -0.3 is 10.3 Å². The second-order valence-electron chi connectivity index (χ2n) is 5.80. The molecule has 134 valence electrons. The topological polar surface area (TPSA) is 30.9 Å². The Morgan fingerprint density at radius 3 is 1.56 bits per heavy atom. The minimum atomic E-state index is -4.59. The normalized spacial score (nSPS) is 14.4. The van der Waals surface area contributed by atoms with Crippen LogP contribution in [0.5, 0.6) is 0 Å². The van der Waals surface area contributed by atoms with Gasteiger partial charge in [0, 0.05) is 10.8 Å². The van der Waals surface area contributed by atoms with Crippen LogP contribution in [0.25, 0.3) is 21.8 Å². The number of benzene rings is 2. The highest BCUT2D eigenvalue weighted by molar-refractivity contribution is 6.08. The van der Waals surface area contributed by atoms with Gasteiger partial charge in [0.1, 0.15) is 0 Å². The second-order valence-corrected chi connectivity index (χ2v) is 5.80. The summed E-state index contributed by atoms with van der Waals surface area (Å²) in [5, 5.41) is 0.194. The maximum Gasteiger partial charge on any atom is 0.416 e. The minimum absolute atomic E-state index is 0.0971. The fourth-order valence-electron chi connectivity index (χ4n) is 2.95. The van der Waals surface area contributed by atoms with Crippen LogP contribution in [0.3, 0.4) is 0 Å². The molecule has 1 unspecified atom stereocenters. The zero-order valence-electron chi connectivity index (χ0n) is 13.0. The lowest BCUT2D eigenvalue weighted by Gasteiger charge is -2.15. The van der Waals surface area contributed by atoms with Crippen molar-refractivity contribution in [2.45, 2.75) is 31.9 Å². The van der Waals surface area contributed by atoms with Gasteiger partial charge in [0.05, 0.1) is 28.3 Å². The van der Waals surface area contributed by atoms with Gasteiger partial charge in [0.25, 0.3) is 0 Å². The lowest BCUT2D eigenvalue weighted by atomic mass is 10.1. The SMILES string of the molecule is CCC(N)n1c2ccc(C(F)(F)F)cc2c2cc(C(F)(F)F)ccc21. The summed E-state index contributed by atoms with van der Waals surface area (Å²) in [5.41, 5.74) is 4.95. The van der Waals surface area contributed by atoms with E-state index in [0.717, 1.165) is 24.3 Å². The highest BCUT2D eigenvalue weighted by Gasteiger charge is 2.33.